The van der Waals surface area contributed by atoms with Gasteiger partial charge in [0.1, 0.15) is 11.8 Å². The largest absolute Gasteiger partial charge is 0.497 e. The first-order valence-corrected chi connectivity index (χ1v) is 11.9. The van der Waals surface area contributed by atoms with E-state index < -0.39 is 6.04 Å². The topological polar surface area (TPSA) is 79.0 Å². The average Bonchev–Trinajstić information content (AvgIpc) is 2.84. The van der Waals surface area contributed by atoms with E-state index in [9.17, 15) is 14.4 Å². The number of nitrogens with one attached hydrogen (secondary N) is 1. The Bertz CT molecular complexity index is 1110. The van der Waals surface area contributed by atoms with Crippen LogP contribution in [-0.2, 0) is 27.2 Å². The summed E-state index contributed by atoms with van der Waals surface area (Å²) in [6.45, 7) is 0.547. The average molecular weight is 516 g/mol. The Balaban J connectivity index is 1.60. The summed E-state index contributed by atoms with van der Waals surface area (Å²) in [5.41, 5.74) is 1.85. The van der Waals surface area contributed by atoms with Gasteiger partial charge in [0.15, 0.2) is 0 Å². The van der Waals surface area contributed by atoms with E-state index in [-0.39, 0.29) is 43.8 Å². The molecule has 0 radical (unpaired) electrons. The van der Waals surface area contributed by atoms with Crippen LogP contribution in [0.15, 0.2) is 42.5 Å². The van der Waals surface area contributed by atoms with Crippen LogP contribution in [0.1, 0.15) is 17.5 Å². The van der Waals surface area contributed by atoms with E-state index in [0.29, 0.717) is 29.4 Å². The van der Waals surface area contributed by atoms with Crippen LogP contribution in [0.5, 0.6) is 5.75 Å². The maximum Gasteiger partial charge on any atom is 0.246 e. The standard InChI is InChI=1S/C26H27Cl2N3O4/c1-3-13-31-23(16-24(32)29-12-10-18-4-8-21(35-2)9-5-18)26(34)30(17-25(31)33)14-11-19-6-7-20(27)15-22(19)28/h1,4-9,15,23H,10-14,16-17H2,2H3,(H,29,32). The first-order chi connectivity index (χ1) is 16.8. The van der Waals surface area contributed by atoms with Crippen molar-refractivity contribution >= 4 is 40.9 Å². The highest BCUT2D eigenvalue weighted by Gasteiger charge is 2.39. The molecule has 9 heteroatoms. The lowest BCUT2D eigenvalue weighted by molar-refractivity contribution is -0.156. The second-order valence-corrected chi connectivity index (χ2v) is 8.98. The van der Waals surface area contributed by atoms with E-state index in [4.69, 9.17) is 34.4 Å². The van der Waals surface area contributed by atoms with E-state index in [2.05, 4.69) is 11.2 Å². The highest BCUT2D eigenvalue weighted by Crippen LogP contribution is 2.23. The molecule has 3 amide bonds. The van der Waals surface area contributed by atoms with Crippen molar-refractivity contribution in [1.82, 2.24) is 15.1 Å². The first kappa shape index (κ1) is 26.4. The molecule has 1 aliphatic rings. The Morgan fingerprint density at radius 3 is 2.57 bits per heavy atom. The van der Waals surface area contributed by atoms with Gasteiger partial charge in [-0.25, -0.2) is 0 Å². The molecular weight excluding hydrogens is 489 g/mol. The zero-order valence-corrected chi connectivity index (χ0v) is 20.9. The van der Waals surface area contributed by atoms with Gasteiger partial charge in [0, 0.05) is 23.1 Å². The third kappa shape index (κ3) is 7.14. The molecule has 2 aromatic rings. The zero-order valence-electron chi connectivity index (χ0n) is 19.4. The van der Waals surface area contributed by atoms with Gasteiger partial charge < -0.3 is 19.9 Å². The molecule has 0 aromatic heterocycles. The molecule has 35 heavy (non-hydrogen) atoms. The lowest BCUT2D eigenvalue weighted by Crippen LogP contribution is -2.61. The highest BCUT2D eigenvalue weighted by atomic mass is 35.5. The molecule has 7 nitrogen and oxygen atoms in total. The second-order valence-electron chi connectivity index (χ2n) is 8.14. The number of terminal acetylenes is 1. The fourth-order valence-electron chi connectivity index (χ4n) is 3.90. The normalized spacial score (nSPS) is 15.7. The molecule has 1 heterocycles. The number of halogens is 2. The Hall–Kier alpha value is -3.21. The van der Waals surface area contributed by atoms with E-state index in [1.165, 1.54) is 9.80 Å². The number of amides is 3. The minimum Gasteiger partial charge on any atom is -0.497 e. The molecule has 1 saturated heterocycles. The Kier molecular flexibility index (Phi) is 9.41. The molecule has 1 N–H and O–H groups in total. The SMILES string of the molecule is C#CCN1C(=O)CN(CCc2ccc(Cl)cc2Cl)C(=O)C1CC(=O)NCCc1ccc(OC)cc1. The number of benzene rings is 2. The van der Waals surface area contributed by atoms with Gasteiger partial charge in [0.2, 0.25) is 17.7 Å². The van der Waals surface area contributed by atoms with Gasteiger partial charge in [0.25, 0.3) is 0 Å². The Labute approximate surface area is 215 Å². The van der Waals surface area contributed by atoms with Gasteiger partial charge in [-0.05, 0) is 48.2 Å². The van der Waals surface area contributed by atoms with Crippen molar-refractivity contribution < 1.29 is 19.1 Å². The van der Waals surface area contributed by atoms with Crippen LogP contribution in [-0.4, -0.2) is 66.9 Å². The molecule has 2 aromatic carbocycles. The van der Waals surface area contributed by atoms with Crippen LogP contribution >= 0.6 is 23.2 Å². The van der Waals surface area contributed by atoms with E-state index >= 15 is 0 Å². The molecule has 184 valence electrons. The van der Waals surface area contributed by atoms with Crippen molar-refractivity contribution in [3.63, 3.8) is 0 Å². The maximum absolute atomic E-state index is 13.2. The van der Waals surface area contributed by atoms with E-state index in [1.54, 1.807) is 25.3 Å². The summed E-state index contributed by atoms with van der Waals surface area (Å²) in [4.78, 5) is 41.4. The van der Waals surface area contributed by atoms with E-state index in [1.807, 2.05) is 24.3 Å². The number of hydrogen-bond donors (Lipinski definition) is 1. The lowest BCUT2D eigenvalue weighted by Gasteiger charge is -2.39. The number of nitrogens with zero attached hydrogens (tertiary/aromatic N) is 2. The van der Waals surface area contributed by atoms with Crippen LogP contribution in [0.2, 0.25) is 10.0 Å². The fraction of sp³-hybridized carbons (Fsp3) is 0.346. The second kappa shape index (κ2) is 12.5. The van der Waals surface area contributed by atoms with Crippen molar-refractivity contribution in [3.05, 3.63) is 63.6 Å². The van der Waals surface area contributed by atoms with Crippen molar-refractivity contribution in [2.75, 3.05) is 33.3 Å². The fourth-order valence-corrected chi connectivity index (χ4v) is 4.40. The smallest absolute Gasteiger partial charge is 0.246 e. The molecule has 0 spiro atoms. The Morgan fingerprint density at radius 1 is 1.17 bits per heavy atom. The molecule has 1 unspecified atom stereocenters. The number of rotatable bonds is 10. The summed E-state index contributed by atoms with van der Waals surface area (Å²) in [5, 5.41) is 3.84. The van der Waals surface area contributed by atoms with Gasteiger partial charge in [-0.15, -0.1) is 6.42 Å². The molecule has 0 saturated carbocycles. The molecule has 0 bridgehead atoms. The molecule has 0 aliphatic carbocycles. The molecule has 1 fully saturated rings. The number of carbonyl (C=O) groups excluding carboxylic acids is 3. The molecule has 1 atom stereocenters. The summed E-state index contributed by atoms with van der Waals surface area (Å²) in [5.74, 6) is 2.25. The zero-order chi connectivity index (χ0) is 25.4. The summed E-state index contributed by atoms with van der Waals surface area (Å²) in [6.07, 6.45) is 6.33. The maximum atomic E-state index is 13.2. The summed E-state index contributed by atoms with van der Waals surface area (Å²) in [6, 6.07) is 11.8. The number of hydrogen-bond acceptors (Lipinski definition) is 4. The monoisotopic (exact) mass is 515 g/mol. The third-order valence-electron chi connectivity index (χ3n) is 5.82. The minimum absolute atomic E-state index is 0.0365. The Morgan fingerprint density at radius 2 is 1.91 bits per heavy atom. The first-order valence-electron chi connectivity index (χ1n) is 11.2. The minimum atomic E-state index is -0.950. The number of piperazine rings is 1. The number of methoxy groups -OCH3 is 1. The quantitative estimate of drug-likeness (QED) is 0.493. The summed E-state index contributed by atoms with van der Waals surface area (Å²) in [7, 11) is 1.60. The lowest BCUT2D eigenvalue weighted by atomic mass is 10.0. The van der Waals surface area contributed by atoms with Gasteiger partial charge >= 0.3 is 0 Å². The predicted octanol–water partition coefficient (Wildman–Crippen LogP) is 2.97. The van der Waals surface area contributed by atoms with E-state index in [0.717, 1.165) is 16.9 Å². The van der Waals surface area contributed by atoms with Gasteiger partial charge in [-0.1, -0.05) is 47.3 Å². The number of ether oxygens (including phenoxy) is 1. The number of carbonyl (C=O) groups is 3. The van der Waals surface area contributed by atoms with Gasteiger partial charge in [0.05, 0.1) is 26.6 Å². The molecule has 1 aliphatic heterocycles. The van der Waals surface area contributed by atoms with Crippen LogP contribution < -0.4 is 10.1 Å². The van der Waals surface area contributed by atoms with Crippen molar-refractivity contribution in [1.29, 1.82) is 0 Å². The van der Waals surface area contributed by atoms with Crippen LogP contribution in [0.25, 0.3) is 0 Å². The van der Waals surface area contributed by atoms with Crippen molar-refractivity contribution in [2.45, 2.75) is 25.3 Å². The summed E-state index contributed by atoms with van der Waals surface area (Å²) < 4.78 is 5.14. The van der Waals surface area contributed by atoms with Crippen molar-refractivity contribution in [3.8, 4) is 18.1 Å². The third-order valence-corrected chi connectivity index (χ3v) is 6.41. The van der Waals surface area contributed by atoms with Crippen LogP contribution in [0, 0.1) is 12.3 Å². The molecular formula is C26H27Cl2N3O4. The van der Waals surface area contributed by atoms with Gasteiger partial charge in [-0.2, -0.15) is 0 Å². The highest BCUT2D eigenvalue weighted by molar-refractivity contribution is 6.35. The van der Waals surface area contributed by atoms with Gasteiger partial charge in [-0.3, -0.25) is 14.4 Å². The molecule has 3 rings (SSSR count). The van der Waals surface area contributed by atoms with Crippen LogP contribution in [0.4, 0.5) is 0 Å². The van der Waals surface area contributed by atoms with Crippen LogP contribution in [0.3, 0.4) is 0 Å². The summed E-state index contributed by atoms with van der Waals surface area (Å²) >= 11 is 12.2. The van der Waals surface area contributed by atoms with Crippen molar-refractivity contribution in [2.24, 2.45) is 0 Å². The predicted molar refractivity (Wildman–Crippen MR) is 135 cm³/mol.